The van der Waals surface area contributed by atoms with Crippen LogP contribution in [0.2, 0.25) is 0 Å². The van der Waals surface area contributed by atoms with E-state index in [0.29, 0.717) is 0 Å². The zero-order valence-corrected chi connectivity index (χ0v) is 29.8. The molecule has 0 atom stereocenters. The number of rotatable bonds is 9. The first-order valence-corrected chi connectivity index (χ1v) is 18.4. The monoisotopic (exact) mass is 690 g/mol. The lowest BCUT2D eigenvalue weighted by atomic mass is 9.95. The second-order valence-electron chi connectivity index (χ2n) is 13.4. The van der Waals surface area contributed by atoms with Gasteiger partial charge in [0.2, 0.25) is 0 Å². The van der Waals surface area contributed by atoms with E-state index in [1.54, 1.807) is 0 Å². The van der Waals surface area contributed by atoms with Crippen molar-refractivity contribution in [3.63, 3.8) is 0 Å². The lowest BCUT2D eigenvalue weighted by molar-refractivity contribution is 1.28. The van der Waals surface area contributed by atoms with Crippen LogP contribution in [-0.4, -0.2) is 0 Å². The molecule has 9 aromatic carbocycles. The van der Waals surface area contributed by atoms with E-state index in [0.717, 1.165) is 34.1 Å². The summed E-state index contributed by atoms with van der Waals surface area (Å²) in [5.41, 5.74) is 13.9. The molecule has 9 aromatic rings. The van der Waals surface area contributed by atoms with Crippen LogP contribution in [0.15, 0.2) is 231 Å². The van der Waals surface area contributed by atoms with Gasteiger partial charge < -0.3 is 9.80 Å². The summed E-state index contributed by atoms with van der Waals surface area (Å²) in [5.74, 6) is 0. The second-order valence-corrected chi connectivity index (χ2v) is 13.4. The van der Waals surface area contributed by atoms with Crippen molar-refractivity contribution < 1.29 is 0 Å². The number of hydrogen-bond acceptors (Lipinski definition) is 2. The highest BCUT2D eigenvalue weighted by Crippen LogP contribution is 2.44. The van der Waals surface area contributed by atoms with Crippen LogP contribution in [-0.2, 0) is 0 Å². The van der Waals surface area contributed by atoms with E-state index in [4.69, 9.17) is 0 Å². The Morgan fingerprint density at radius 3 is 1.19 bits per heavy atom. The maximum Gasteiger partial charge on any atom is 0.0546 e. The van der Waals surface area contributed by atoms with Crippen molar-refractivity contribution in [1.82, 2.24) is 0 Å². The highest BCUT2D eigenvalue weighted by molar-refractivity contribution is 6.05. The maximum atomic E-state index is 2.38. The Balaban J connectivity index is 1.06. The van der Waals surface area contributed by atoms with Gasteiger partial charge in [0.1, 0.15) is 0 Å². The Labute approximate surface area is 317 Å². The summed E-state index contributed by atoms with van der Waals surface area (Å²) in [6.45, 7) is 0. The van der Waals surface area contributed by atoms with Gasteiger partial charge in [0, 0.05) is 34.0 Å². The zero-order chi connectivity index (χ0) is 36.1. The first kappa shape index (κ1) is 32.7. The normalized spacial score (nSPS) is 11.0. The Morgan fingerprint density at radius 1 is 0.241 bits per heavy atom. The van der Waals surface area contributed by atoms with Crippen molar-refractivity contribution in [3.8, 4) is 33.4 Å². The molecule has 2 heteroatoms. The summed E-state index contributed by atoms with van der Waals surface area (Å²) in [6, 6.07) is 82.3. The van der Waals surface area contributed by atoms with E-state index < -0.39 is 0 Å². The molecule has 0 heterocycles. The average Bonchev–Trinajstić information content (AvgIpc) is 3.26. The summed E-state index contributed by atoms with van der Waals surface area (Å²) in [7, 11) is 0. The molecule has 0 unspecified atom stereocenters. The first-order chi connectivity index (χ1) is 26.8. The largest absolute Gasteiger partial charge is 0.311 e. The summed E-state index contributed by atoms with van der Waals surface area (Å²) in [6.07, 6.45) is 0. The van der Waals surface area contributed by atoms with E-state index in [9.17, 15) is 0 Å². The number of anilines is 6. The van der Waals surface area contributed by atoms with Crippen LogP contribution >= 0.6 is 0 Å². The van der Waals surface area contributed by atoms with E-state index in [1.165, 1.54) is 44.2 Å². The molecule has 0 saturated heterocycles. The molecular formula is C52H38N2. The van der Waals surface area contributed by atoms with Gasteiger partial charge >= 0.3 is 0 Å². The minimum atomic E-state index is 1.10. The molecule has 0 aliphatic carbocycles. The molecule has 0 aromatic heterocycles. The quantitative estimate of drug-likeness (QED) is 0.149. The SMILES string of the molecule is c1ccc(-c2c(N(c3ccccc3)c3ccc(-c4cccc(-c5ccc(N(c6ccccc6)c6ccccc6)cc5)c4)cc3)ccc3ccccc23)cc1. The summed E-state index contributed by atoms with van der Waals surface area (Å²) in [5, 5.41) is 2.46. The maximum absolute atomic E-state index is 2.38. The predicted octanol–water partition coefficient (Wildman–Crippen LogP) is 14.8. The highest BCUT2D eigenvalue weighted by atomic mass is 15.1. The van der Waals surface area contributed by atoms with Crippen LogP contribution in [0.3, 0.4) is 0 Å². The number of fused-ring (bicyclic) bond motifs is 1. The van der Waals surface area contributed by atoms with Gasteiger partial charge in [-0.15, -0.1) is 0 Å². The fourth-order valence-corrected chi connectivity index (χ4v) is 7.44. The topological polar surface area (TPSA) is 6.48 Å². The molecule has 0 N–H and O–H groups in total. The Kier molecular flexibility index (Phi) is 8.99. The zero-order valence-electron chi connectivity index (χ0n) is 29.8. The molecule has 0 aliphatic heterocycles. The molecule has 0 fully saturated rings. The van der Waals surface area contributed by atoms with E-state index in [1.807, 2.05) is 0 Å². The van der Waals surface area contributed by atoms with Crippen LogP contribution in [0.25, 0.3) is 44.2 Å². The Morgan fingerprint density at radius 2 is 0.648 bits per heavy atom. The third kappa shape index (κ3) is 6.53. The predicted molar refractivity (Wildman–Crippen MR) is 230 cm³/mol. The molecule has 0 bridgehead atoms. The molecule has 256 valence electrons. The van der Waals surface area contributed by atoms with Crippen molar-refractivity contribution in [2.75, 3.05) is 9.80 Å². The fourth-order valence-electron chi connectivity index (χ4n) is 7.44. The van der Waals surface area contributed by atoms with Crippen LogP contribution in [0, 0.1) is 0 Å². The molecule has 54 heavy (non-hydrogen) atoms. The average molecular weight is 691 g/mol. The molecule has 0 saturated carbocycles. The van der Waals surface area contributed by atoms with Crippen LogP contribution in [0.5, 0.6) is 0 Å². The number of hydrogen-bond donors (Lipinski definition) is 0. The van der Waals surface area contributed by atoms with Crippen molar-refractivity contribution >= 4 is 44.9 Å². The smallest absolute Gasteiger partial charge is 0.0546 e. The van der Waals surface area contributed by atoms with Gasteiger partial charge in [-0.2, -0.15) is 0 Å². The molecule has 2 nitrogen and oxygen atoms in total. The van der Waals surface area contributed by atoms with Crippen LogP contribution in [0.4, 0.5) is 34.1 Å². The molecule has 0 aliphatic rings. The van der Waals surface area contributed by atoms with Gasteiger partial charge in [0.15, 0.2) is 0 Å². The van der Waals surface area contributed by atoms with Gasteiger partial charge in [-0.05, 0) is 111 Å². The summed E-state index contributed by atoms with van der Waals surface area (Å²) >= 11 is 0. The fraction of sp³-hybridized carbons (Fsp3) is 0. The lowest BCUT2D eigenvalue weighted by Crippen LogP contribution is -2.11. The van der Waals surface area contributed by atoms with Gasteiger partial charge in [-0.3, -0.25) is 0 Å². The third-order valence-corrected chi connectivity index (χ3v) is 10.0. The van der Waals surface area contributed by atoms with E-state index >= 15 is 0 Å². The molecule has 0 radical (unpaired) electrons. The van der Waals surface area contributed by atoms with E-state index in [2.05, 4.69) is 240 Å². The number of benzene rings is 9. The Bertz CT molecular complexity index is 2580. The molecule has 9 rings (SSSR count). The standard InChI is InChI=1S/C52H38N2/c1-5-17-42(18-6-1)52-50-27-14-13-16-41(50)32-37-51(52)54(47-25-11-4-12-26-47)49-35-30-40(31-36-49)44-20-15-19-43(38-44)39-28-33-48(34-29-39)53(45-21-7-2-8-22-45)46-23-9-3-10-24-46/h1-38H. The van der Waals surface area contributed by atoms with Crippen molar-refractivity contribution in [2.45, 2.75) is 0 Å². The van der Waals surface area contributed by atoms with Gasteiger partial charge in [-0.1, -0.05) is 158 Å². The van der Waals surface area contributed by atoms with Crippen molar-refractivity contribution in [3.05, 3.63) is 231 Å². The van der Waals surface area contributed by atoms with E-state index in [-0.39, 0.29) is 0 Å². The van der Waals surface area contributed by atoms with Gasteiger partial charge in [0.25, 0.3) is 0 Å². The van der Waals surface area contributed by atoms with Gasteiger partial charge in [0.05, 0.1) is 5.69 Å². The Hall–Kier alpha value is -7.16. The minimum Gasteiger partial charge on any atom is -0.311 e. The molecule has 0 amide bonds. The molecular weight excluding hydrogens is 653 g/mol. The lowest BCUT2D eigenvalue weighted by Gasteiger charge is -2.29. The van der Waals surface area contributed by atoms with Crippen molar-refractivity contribution in [2.24, 2.45) is 0 Å². The minimum absolute atomic E-state index is 1.10. The van der Waals surface area contributed by atoms with Crippen LogP contribution in [0.1, 0.15) is 0 Å². The summed E-state index contributed by atoms with van der Waals surface area (Å²) in [4.78, 5) is 4.67. The molecule has 0 spiro atoms. The van der Waals surface area contributed by atoms with Crippen molar-refractivity contribution in [1.29, 1.82) is 0 Å². The third-order valence-electron chi connectivity index (χ3n) is 10.0. The highest BCUT2D eigenvalue weighted by Gasteiger charge is 2.19. The number of para-hydroxylation sites is 3. The number of nitrogens with zero attached hydrogens (tertiary/aromatic N) is 2. The van der Waals surface area contributed by atoms with Crippen LogP contribution < -0.4 is 9.80 Å². The summed E-state index contributed by atoms with van der Waals surface area (Å²) < 4.78 is 0. The second kappa shape index (κ2) is 14.8. The first-order valence-electron chi connectivity index (χ1n) is 18.4. The van der Waals surface area contributed by atoms with Gasteiger partial charge in [-0.25, -0.2) is 0 Å².